The summed E-state index contributed by atoms with van der Waals surface area (Å²) >= 11 is 0. The van der Waals surface area contributed by atoms with E-state index in [1.807, 2.05) is 6.92 Å². The lowest BCUT2D eigenvalue weighted by Gasteiger charge is -2.30. The van der Waals surface area contributed by atoms with E-state index < -0.39 is 35.6 Å². The molecular formula is C23H25N3O5. The van der Waals surface area contributed by atoms with Crippen molar-refractivity contribution in [3.05, 3.63) is 60.2 Å². The van der Waals surface area contributed by atoms with Gasteiger partial charge in [0, 0.05) is 17.5 Å². The van der Waals surface area contributed by atoms with Gasteiger partial charge in [0.2, 0.25) is 11.8 Å². The summed E-state index contributed by atoms with van der Waals surface area (Å²) in [7, 11) is 1.49. The molecule has 2 aromatic carbocycles. The summed E-state index contributed by atoms with van der Waals surface area (Å²) in [6.45, 7) is 3.55. The van der Waals surface area contributed by atoms with Gasteiger partial charge in [0.05, 0.1) is 19.2 Å². The number of hydrogen-bond acceptors (Lipinski definition) is 5. The third kappa shape index (κ3) is 4.58. The fraction of sp³-hybridized carbons (Fsp3) is 0.304. The second-order valence-electron chi connectivity index (χ2n) is 7.31. The molecule has 1 fully saturated rings. The van der Waals surface area contributed by atoms with E-state index >= 15 is 0 Å². The molecule has 0 saturated carbocycles. The average Bonchev–Trinajstić information content (AvgIpc) is 3.10. The summed E-state index contributed by atoms with van der Waals surface area (Å²) in [6.07, 6.45) is 0.290. The van der Waals surface area contributed by atoms with Crippen LogP contribution in [0.3, 0.4) is 0 Å². The molecule has 2 atom stereocenters. The van der Waals surface area contributed by atoms with Crippen molar-refractivity contribution in [2.75, 3.05) is 12.0 Å². The summed E-state index contributed by atoms with van der Waals surface area (Å²) in [5.74, 6) is -1.94. The Labute approximate surface area is 180 Å². The summed E-state index contributed by atoms with van der Waals surface area (Å²) < 4.78 is 5.17. The first kappa shape index (κ1) is 22.0. The highest BCUT2D eigenvalue weighted by Gasteiger charge is 2.46. The van der Waals surface area contributed by atoms with Crippen LogP contribution in [0.5, 0.6) is 5.75 Å². The SMILES string of the molecule is CC[C@H](C)C(=O)N(NC(=O)c1ccccc1)[C@H]1CC(=O)N(c2cccc(OC)c2)C1=O. The number of nitrogens with zero attached hydrogens (tertiary/aromatic N) is 2. The van der Waals surface area contributed by atoms with Crippen molar-refractivity contribution in [2.45, 2.75) is 32.7 Å². The third-order valence-corrected chi connectivity index (χ3v) is 5.28. The molecule has 1 aliphatic rings. The maximum atomic E-state index is 13.2. The number of carbonyl (C=O) groups is 4. The van der Waals surface area contributed by atoms with Gasteiger partial charge in [-0.05, 0) is 30.7 Å². The number of imide groups is 1. The topological polar surface area (TPSA) is 96.0 Å². The lowest BCUT2D eigenvalue weighted by molar-refractivity contribution is -0.144. The molecule has 0 bridgehead atoms. The van der Waals surface area contributed by atoms with Gasteiger partial charge in [0.15, 0.2) is 0 Å². The zero-order valence-electron chi connectivity index (χ0n) is 17.7. The van der Waals surface area contributed by atoms with Crippen molar-refractivity contribution >= 4 is 29.3 Å². The van der Waals surface area contributed by atoms with Gasteiger partial charge in [-0.25, -0.2) is 9.91 Å². The Bertz CT molecular complexity index is 992. The number of methoxy groups -OCH3 is 1. The van der Waals surface area contributed by atoms with Crippen LogP contribution in [0.15, 0.2) is 54.6 Å². The van der Waals surface area contributed by atoms with Gasteiger partial charge in [0.25, 0.3) is 11.8 Å². The first-order chi connectivity index (χ1) is 14.9. The van der Waals surface area contributed by atoms with E-state index in [4.69, 9.17) is 4.74 Å². The van der Waals surface area contributed by atoms with E-state index in [1.165, 1.54) is 7.11 Å². The van der Waals surface area contributed by atoms with Crippen molar-refractivity contribution < 1.29 is 23.9 Å². The summed E-state index contributed by atoms with van der Waals surface area (Å²) in [5, 5.41) is 1.02. The van der Waals surface area contributed by atoms with E-state index in [-0.39, 0.29) is 6.42 Å². The number of nitrogens with one attached hydrogen (secondary N) is 1. The van der Waals surface area contributed by atoms with Crippen molar-refractivity contribution in [2.24, 2.45) is 5.92 Å². The quantitative estimate of drug-likeness (QED) is 0.569. The number of ether oxygens (including phenoxy) is 1. The predicted molar refractivity (Wildman–Crippen MR) is 114 cm³/mol. The minimum atomic E-state index is -1.13. The van der Waals surface area contributed by atoms with Gasteiger partial charge in [-0.3, -0.25) is 24.6 Å². The van der Waals surface area contributed by atoms with Crippen LogP contribution in [-0.4, -0.2) is 41.8 Å². The fourth-order valence-corrected chi connectivity index (χ4v) is 3.30. The first-order valence-corrected chi connectivity index (χ1v) is 10.1. The first-order valence-electron chi connectivity index (χ1n) is 10.1. The number of anilines is 1. The van der Waals surface area contributed by atoms with Crippen molar-refractivity contribution in [3.8, 4) is 5.75 Å². The zero-order valence-corrected chi connectivity index (χ0v) is 17.7. The molecule has 1 aliphatic heterocycles. The molecule has 0 spiro atoms. The van der Waals surface area contributed by atoms with Crippen LogP contribution in [0, 0.1) is 5.92 Å². The Morgan fingerprint density at radius 2 is 1.87 bits per heavy atom. The number of carbonyl (C=O) groups excluding carboxylic acids is 4. The van der Waals surface area contributed by atoms with Crippen molar-refractivity contribution in [1.82, 2.24) is 10.4 Å². The van der Waals surface area contributed by atoms with Crippen molar-refractivity contribution in [3.63, 3.8) is 0 Å². The maximum Gasteiger partial charge on any atom is 0.269 e. The van der Waals surface area contributed by atoms with Gasteiger partial charge >= 0.3 is 0 Å². The molecule has 0 unspecified atom stereocenters. The molecule has 0 radical (unpaired) electrons. The smallest absolute Gasteiger partial charge is 0.269 e. The third-order valence-electron chi connectivity index (χ3n) is 5.28. The molecule has 0 aliphatic carbocycles. The highest BCUT2D eigenvalue weighted by molar-refractivity contribution is 6.23. The Kier molecular flexibility index (Phi) is 6.69. The van der Waals surface area contributed by atoms with Crippen LogP contribution < -0.4 is 15.1 Å². The number of rotatable bonds is 6. The van der Waals surface area contributed by atoms with Gasteiger partial charge in [-0.15, -0.1) is 0 Å². The molecule has 31 heavy (non-hydrogen) atoms. The van der Waals surface area contributed by atoms with Crippen LogP contribution in [0.2, 0.25) is 0 Å². The normalized spacial score (nSPS) is 16.7. The average molecular weight is 423 g/mol. The molecule has 1 saturated heterocycles. The van der Waals surface area contributed by atoms with Gasteiger partial charge in [-0.1, -0.05) is 38.1 Å². The Hall–Kier alpha value is -3.68. The number of hydrazine groups is 1. The van der Waals surface area contributed by atoms with E-state index in [9.17, 15) is 19.2 Å². The molecule has 1 N–H and O–H groups in total. The molecule has 0 aromatic heterocycles. The maximum absolute atomic E-state index is 13.2. The van der Waals surface area contributed by atoms with Crippen LogP contribution in [0.4, 0.5) is 5.69 Å². The molecule has 8 heteroatoms. The van der Waals surface area contributed by atoms with Gasteiger partial charge in [0.1, 0.15) is 11.8 Å². The van der Waals surface area contributed by atoms with E-state index in [1.54, 1.807) is 61.5 Å². The Morgan fingerprint density at radius 3 is 2.52 bits per heavy atom. The fourth-order valence-electron chi connectivity index (χ4n) is 3.30. The molecular weight excluding hydrogens is 398 g/mol. The Balaban J connectivity index is 1.91. The standard InChI is InChI=1S/C23H25N3O5/c1-4-15(2)22(29)26(24-21(28)16-9-6-5-7-10-16)19-14-20(27)25(23(19)30)17-11-8-12-18(13-17)31-3/h5-13,15,19H,4,14H2,1-3H3,(H,24,28)/t15-,19-/m0/s1. The van der Waals surface area contributed by atoms with E-state index in [2.05, 4.69) is 5.43 Å². The second-order valence-corrected chi connectivity index (χ2v) is 7.31. The number of benzene rings is 2. The van der Waals surface area contributed by atoms with Gasteiger partial charge < -0.3 is 4.74 Å². The lowest BCUT2D eigenvalue weighted by Crippen LogP contribution is -2.56. The Morgan fingerprint density at radius 1 is 1.16 bits per heavy atom. The minimum Gasteiger partial charge on any atom is -0.497 e. The molecule has 8 nitrogen and oxygen atoms in total. The summed E-state index contributed by atoms with van der Waals surface area (Å²) in [4.78, 5) is 52.7. The highest BCUT2D eigenvalue weighted by atomic mass is 16.5. The molecule has 162 valence electrons. The van der Waals surface area contributed by atoms with Crippen molar-refractivity contribution in [1.29, 1.82) is 0 Å². The molecule has 4 amide bonds. The van der Waals surface area contributed by atoms with Crippen LogP contribution in [0.25, 0.3) is 0 Å². The largest absolute Gasteiger partial charge is 0.497 e. The highest BCUT2D eigenvalue weighted by Crippen LogP contribution is 2.28. The second kappa shape index (κ2) is 9.42. The molecule has 2 aromatic rings. The predicted octanol–water partition coefficient (Wildman–Crippen LogP) is 2.55. The molecule has 1 heterocycles. The molecule has 3 rings (SSSR count). The van der Waals surface area contributed by atoms with Gasteiger partial charge in [-0.2, -0.15) is 0 Å². The lowest BCUT2D eigenvalue weighted by atomic mass is 10.1. The zero-order chi connectivity index (χ0) is 22.5. The number of hydrogen-bond donors (Lipinski definition) is 1. The van der Waals surface area contributed by atoms with E-state index in [0.717, 1.165) is 9.91 Å². The monoisotopic (exact) mass is 423 g/mol. The summed E-state index contributed by atoms with van der Waals surface area (Å²) in [5.41, 5.74) is 3.24. The van der Waals surface area contributed by atoms with Crippen LogP contribution in [0.1, 0.15) is 37.0 Å². The minimum absolute atomic E-state index is 0.229. The van der Waals surface area contributed by atoms with Crippen LogP contribution in [-0.2, 0) is 14.4 Å². The van der Waals surface area contributed by atoms with E-state index in [0.29, 0.717) is 23.4 Å². The number of amides is 4. The van der Waals surface area contributed by atoms with Crippen LogP contribution >= 0.6 is 0 Å². The summed E-state index contributed by atoms with van der Waals surface area (Å²) in [6, 6.07) is 13.8.